The molecular formula is C12H18BrN. The summed E-state index contributed by atoms with van der Waals surface area (Å²) >= 11 is 3.45. The third-order valence-corrected chi connectivity index (χ3v) is 2.84. The summed E-state index contributed by atoms with van der Waals surface area (Å²) in [5.74, 6) is 0. The van der Waals surface area contributed by atoms with Crippen molar-refractivity contribution in [3.8, 4) is 0 Å². The molecule has 0 heterocycles. The highest BCUT2D eigenvalue weighted by molar-refractivity contribution is 9.09. The number of alkyl halides is 1. The van der Waals surface area contributed by atoms with E-state index in [9.17, 15) is 0 Å². The summed E-state index contributed by atoms with van der Waals surface area (Å²) in [6.45, 7) is 6.45. The summed E-state index contributed by atoms with van der Waals surface area (Å²) in [6, 6.07) is 6.69. The average molecular weight is 256 g/mol. The van der Waals surface area contributed by atoms with E-state index in [1.54, 1.807) is 0 Å². The van der Waals surface area contributed by atoms with Crippen LogP contribution in [0.15, 0.2) is 18.2 Å². The van der Waals surface area contributed by atoms with Gasteiger partial charge in [-0.2, -0.15) is 0 Å². The van der Waals surface area contributed by atoms with Crippen molar-refractivity contribution in [3.05, 3.63) is 34.9 Å². The second-order valence-corrected chi connectivity index (χ2v) is 4.64. The molecule has 2 heteroatoms. The lowest BCUT2D eigenvalue weighted by molar-refractivity contribution is 0.349. The van der Waals surface area contributed by atoms with Gasteiger partial charge in [0.2, 0.25) is 0 Å². The molecule has 0 radical (unpaired) electrons. The fourth-order valence-electron chi connectivity index (χ4n) is 1.44. The Morgan fingerprint density at radius 1 is 1.21 bits per heavy atom. The third-order valence-electron chi connectivity index (χ3n) is 2.49. The predicted octanol–water partition coefficient (Wildman–Crippen LogP) is 3.13. The van der Waals surface area contributed by atoms with Gasteiger partial charge in [-0.25, -0.2) is 0 Å². The standard InChI is InChI=1S/C12H18BrN/c1-10-4-5-12(8-11(10)2)9-14(3)7-6-13/h4-5,8H,6-7,9H2,1-3H3. The molecule has 1 aromatic carbocycles. The molecule has 1 rings (SSSR count). The van der Waals surface area contributed by atoms with Crippen LogP contribution in [0.2, 0.25) is 0 Å². The molecule has 0 bridgehead atoms. The summed E-state index contributed by atoms with van der Waals surface area (Å²) < 4.78 is 0. The molecule has 78 valence electrons. The van der Waals surface area contributed by atoms with Crippen LogP contribution in [0, 0.1) is 13.8 Å². The summed E-state index contributed by atoms with van der Waals surface area (Å²) in [4.78, 5) is 2.32. The number of aryl methyl sites for hydroxylation is 2. The quantitative estimate of drug-likeness (QED) is 0.748. The molecular weight excluding hydrogens is 238 g/mol. The maximum atomic E-state index is 3.45. The van der Waals surface area contributed by atoms with E-state index in [1.807, 2.05) is 0 Å². The van der Waals surface area contributed by atoms with Crippen LogP contribution >= 0.6 is 15.9 Å². The van der Waals surface area contributed by atoms with Crippen LogP contribution in [0.5, 0.6) is 0 Å². The number of halogens is 1. The lowest BCUT2D eigenvalue weighted by Gasteiger charge is -2.15. The van der Waals surface area contributed by atoms with Crippen molar-refractivity contribution in [2.75, 3.05) is 18.9 Å². The Morgan fingerprint density at radius 2 is 1.93 bits per heavy atom. The fraction of sp³-hybridized carbons (Fsp3) is 0.500. The molecule has 0 spiro atoms. The zero-order valence-corrected chi connectivity index (χ0v) is 10.8. The first-order valence-electron chi connectivity index (χ1n) is 4.94. The fourth-order valence-corrected chi connectivity index (χ4v) is 2.04. The molecule has 1 nitrogen and oxygen atoms in total. The molecule has 0 aromatic heterocycles. The molecule has 0 aliphatic carbocycles. The number of rotatable bonds is 4. The van der Waals surface area contributed by atoms with Gasteiger partial charge in [-0.3, -0.25) is 0 Å². The molecule has 14 heavy (non-hydrogen) atoms. The Morgan fingerprint density at radius 3 is 2.50 bits per heavy atom. The molecule has 0 aliphatic heterocycles. The monoisotopic (exact) mass is 255 g/mol. The van der Waals surface area contributed by atoms with Crippen molar-refractivity contribution in [2.45, 2.75) is 20.4 Å². The van der Waals surface area contributed by atoms with Crippen LogP contribution in [0.1, 0.15) is 16.7 Å². The van der Waals surface area contributed by atoms with Crippen molar-refractivity contribution in [1.82, 2.24) is 4.90 Å². The Hall–Kier alpha value is -0.340. The van der Waals surface area contributed by atoms with Crippen LogP contribution in [0.4, 0.5) is 0 Å². The Kier molecular flexibility index (Phi) is 4.63. The lowest BCUT2D eigenvalue weighted by atomic mass is 10.1. The van der Waals surface area contributed by atoms with Gasteiger partial charge in [0.25, 0.3) is 0 Å². The Labute approximate surface area is 95.2 Å². The van der Waals surface area contributed by atoms with Gasteiger partial charge in [0.15, 0.2) is 0 Å². The number of benzene rings is 1. The predicted molar refractivity (Wildman–Crippen MR) is 66.0 cm³/mol. The summed E-state index contributed by atoms with van der Waals surface area (Å²) in [5, 5.41) is 1.04. The van der Waals surface area contributed by atoms with Crippen LogP contribution < -0.4 is 0 Å². The van der Waals surface area contributed by atoms with Gasteiger partial charge in [0, 0.05) is 18.4 Å². The van der Waals surface area contributed by atoms with E-state index in [4.69, 9.17) is 0 Å². The van der Waals surface area contributed by atoms with E-state index in [1.165, 1.54) is 16.7 Å². The van der Waals surface area contributed by atoms with E-state index in [-0.39, 0.29) is 0 Å². The minimum atomic E-state index is 1.03. The van der Waals surface area contributed by atoms with Crippen molar-refractivity contribution in [2.24, 2.45) is 0 Å². The van der Waals surface area contributed by atoms with Crippen molar-refractivity contribution in [1.29, 1.82) is 0 Å². The smallest absolute Gasteiger partial charge is 0.0231 e. The molecule has 0 unspecified atom stereocenters. The highest BCUT2D eigenvalue weighted by Gasteiger charge is 2.00. The average Bonchev–Trinajstić information content (AvgIpc) is 2.12. The van der Waals surface area contributed by atoms with Crippen LogP contribution in [-0.4, -0.2) is 23.8 Å². The summed E-state index contributed by atoms with van der Waals surface area (Å²) in [5.41, 5.74) is 4.16. The molecule has 0 N–H and O–H groups in total. The van der Waals surface area contributed by atoms with Crippen LogP contribution in [0.3, 0.4) is 0 Å². The molecule has 0 fully saturated rings. The van der Waals surface area contributed by atoms with Crippen LogP contribution in [0.25, 0.3) is 0 Å². The molecule has 1 aromatic rings. The van der Waals surface area contributed by atoms with Gasteiger partial charge in [-0.1, -0.05) is 34.1 Å². The molecule has 0 saturated heterocycles. The number of hydrogen-bond donors (Lipinski definition) is 0. The maximum Gasteiger partial charge on any atom is 0.0231 e. The van der Waals surface area contributed by atoms with Gasteiger partial charge in [0.05, 0.1) is 0 Å². The van der Waals surface area contributed by atoms with Crippen molar-refractivity contribution < 1.29 is 0 Å². The highest BCUT2D eigenvalue weighted by atomic mass is 79.9. The van der Waals surface area contributed by atoms with Gasteiger partial charge < -0.3 is 4.90 Å². The van der Waals surface area contributed by atoms with E-state index >= 15 is 0 Å². The Bertz CT molecular complexity index is 296. The van der Waals surface area contributed by atoms with Crippen LogP contribution in [-0.2, 0) is 6.54 Å². The second kappa shape index (κ2) is 5.52. The summed E-state index contributed by atoms with van der Waals surface area (Å²) in [7, 11) is 2.15. The zero-order valence-electron chi connectivity index (χ0n) is 9.18. The highest BCUT2D eigenvalue weighted by Crippen LogP contribution is 2.11. The minimum absolute atomic E-state index is 1.03. The third kappa shape index (κ3) is 3.43. The van der Waals surface area contributed by atoms with E-state index in [2.05, 4.69) is 59.9 Å². The first-order valence-corrected chi connectivity index (χ1v) is 6.06. The van der Waals surface area contributed by atoms with Crippen molar-refractivity contribution in [3.63, 3.8) is 0 Å². The number of hydrogen-bond acceptors (Lipinski definition) is 1. The number of nitrogens with zero attached hydrogens (tertiary/aromatic N) is 1. The normalized spacial score (nSPS) is 10.9. The van der Waals surface area contributed by atoms with Gasteiger partial charge in [-0.15, -0.1) is 0 Å². The SMILES string of the molecule is Cc1ccc(CN(C)CCBr)cc1C. The van der Waals surface area contributed by atoms with Gasteiger partial charge in [-0.05, 0) is 37.6 Å². The van der Waals surface area contributed by atoms with Gasteiger partial charge in [0.1, 0.15) is 0 Å². The Balaban J connectivity index is 2.63. The van der Waals surface area contributed by atoms with Crippen molar-refractivity contribution >= 4 is 15.9 Å². The van der Waals surface area contributed by atoms with E-state index in [0.29, 0.717) is 0 Å². The zero-order chi connectivity index (χ0) is 10.6. The second-order valence-electron chi connectivity index (χ2n) is 3.85. The minimum Gasteiger partial charge on any atom is -0.301 e. The lowest BCUT2D eigenvalue weighted by Crippen LogP contribution is -2.19. The van der Waals surface area contributed by atoms with Gasteiger partial charge >= 0.3 is 0 Å². The van der Waals surface area contributed by atoms with E-state index < -0.39 is 0 Å². The summed E-state index contributed by atoms with van der Waals surface area (Å²) in [6.07, 6.45) is 0. The molecule has 0 atom stereocenters. The molecule has 0 saturated carbocycles. The molecule has 0 aliphatic rings. The maximum absolute atomic E-state index is 3.45. The first kappa shape index (κ1) is 11.7. The largest absolute Gasteiger partial charge is 0.301 e. The molecule has 0 amide bonds. The topological polar surface area (TPSA) is 3.24 Å². The van der Waals surface area contributed by atoms with E-state index in [0.717, 1.165) is 18.4 Å². The first-order chi connectivity index (χ1) is 6.63.